The highest BCUT2D eigenvalue weighted by Crippen LogP contribution is 2.31. The van der Waals surface area contributed by atoms with Gasteiger partial charge in [-0.1, -0.05) is 19.3 Å². The Hall–Kier alpha value is -0.290. The van der Waals surface area contributed by atoms with E-state index in [2.05, 4.69) is 0 Å². The minimum Gasteiger partial charge on any atom is -0.326 e. The van der Waals surface area contributed by atoms with Gasteiger partial charge in [0.1, 0.15) is 6.04 Å². The van der Waals surface area contributed by atoms with Crippen molar-refractivity contribution in [3.05, 3.63) is 0 Å². The van der Waals surface area contributed by atoms with Crippen LogP contribution < -0.4 is 5.73 Å². The molecule has 16 heavy (non-hydrogen) atoms. The molecule has 0 spiro atoms. The van der Waals surface area contributed by atoms with Crippen molar-refractivity contribution < 1.29 is 13.2 Å². The van der Waals surface area contributed by atoms with Crippen LogP contribution in [0.1, 0.15) is 39.0 Å². The Bertz CT molecular complexity index is 210. The monoisotopic (exact) mass is 238 g/mol. The molecule has 0 aromatic rings. The first-order valence-electron chi connectivity index (χ1n) is 5.88. The maximum Gasteiger partial charge on any atom is 0.405 e. The van der Waals surface area contributed by atoms with E-state index in [0.29, 0.717) is 0 Å². The fraction of sp³-hybridized carbons (Fsp3) is 1.00. The van der Waals surface area contributed by atoms with Gasteiger partial charge in [-0.2, -0.15) is 13.2 Å². The summed E-state index contributed by atoms with van der Waals surface area (Å²) in [6.45, 7) is 1.43. The van der Waals surface area contributed by atoms with Gasteiger partial charge in [0.25, 0.3) is 0 Å². The zero-order chi connectivity index (χ0) is 12.3. The highest BCUT2D eigenvalue weighted by atomic mass is 19.4. The van der Waals surface area contributed by atoms with E-state index >= 15 is 0 Å². The van der Waals surface area contributed by atoms with Crippen molar-refractivity contribution in [3.63, 3.8) is 0 Å². The molecule has 0 saturated heterocycles. The Kier molecular flexibility index (Phi) is 4.62. The van der Waals surface area contributed by atoms with Crippen molar-refractivity contribution in [3.8, 4) is 0 Å². The molecule has 2 N–H and O–H groups in total. The van der Waals surface area contributed by atoms with Gasteiger partial charge in [0.15, 0.2) is 0 Å². The van der Waals surface area contributed by atoms with Gasteiger partial charge < -0.3 is 5.73 Å². The van der Waals surface area contributed by atoms with Crippen molar-refractivity contribution in [1.29, 1.82) is 0 Å². The molecule has 2 unspecified atom stereocenters. The summed E-state index contributed by atoms with van der Waals surface area (Å²) in [4.78, 5) is 1.43. The molecule has 96 valence electrons. The second-order valence-electron chi connectivity index (χ2n) is 4.80. The minimum atomic E-state index is -4.24. The number of alkyl halides is 3. The third-order valence-corrected chi connectivity index (χ3v) is 3.42. The lowest BCUT2D eigenvalue weighted by Crippen LogP contribution is -2.56. The van der Waals surface area contributed by atoms with Crippen molar-refractivity contribution in [2.24, 2.45) is 5.73 Å². The third-order valence-electron chi connectivity index (χ3n) is 3.42. The molecule has 1 aliphatic rings. The number of halogens is 3. The summed E-state index contributed by atoms with van der Waals surface area (Å²) in [6, 6.07) is -2.37. The summed E-state index contributed by atoms with van der Waals surface area (Å²) < 4.78 is 38.6. The molecule has 0 aromatic heterocycles. The van der Waals surface area contributed by atoms with Crippen LogP contribution in [-0.4, -0.2) is 36.2 Å². The van der Waals surface area contributed by atoms with Crippen LogP contribution in [0, 0.1) is 0 Å². The van der Waals surface area contributed by atoms with Crippen LogP contribution in [-0.2, 0) is 0 Å². The minimum absolute atomic E-state index is 0.0337. The fourth-order valence-corrected chi connectivity index (χ4v) is 2.62. The SMILES string of the molecule is CC(N)C(N(C)C1CCCCC1)C(F)(F)F. The van der Waals surface area contributed by atoms with E-state index in [0.717, 1.165) is 32.1 Å². The summed E-state index contributed by atoms with van der Waals surface area (Å²) in [7, 11) is 1.55. The van der Waals surface area contributed by atoms with Crippen LogP contribution in [0.3, 0.4) is 0 Å². The number of rotatable bonds is 3. The molecular formula is C11H21F3N2. The van der Waals surface area contributed by atoms with Gasteiger partial charge in [-0.25, -0.2) is 0 Å². The molecule has 0 aliphatic heterocycles. The van der Waals surface area contributed by atoms with Gasteiger partial charge in [0.05, 0.1) is 0 Å². The van der Waals surface area contributed by atoms with Crippen LogP contribution in [0.2, 0.25) is 0 Å². The molecule has 5 heteroatoms. The van der Waals surface area contributed by atoms with Crippen LogP contribution in [0.4, 0.5) is 13.2 Å². The van der Waals surface area contributed by atoms with Gasteiger partial charge in [0.2, 0.25) is 0 Å². The lowest BCUT2D eigenvalue weighted by atomic mass is 9.92. The third kappa shape index (κ3) is 3.35. The van der Waals surface area contributed by atoms with E-state index < -0.39 is 18.3 Å². The lowest BCUT2D eigenvalue weighted by molar-refractivity contribution is -0.191. The Balaban J connectivity index is 2.70. The van der Waals surface area contributed by atoms with Gasteiger partial charge >= 0.3 is 6.18 Å². The van der Waals surface area contributed by atoms with E-state index in [-0.39, 0.29) is 6.04 Å². The zero-order valence-electron chi connectivity index (χ0n) is 9.93. The maximum absolute atomic E-state index is 12.9. The molecule has 0 aromatic carbocycles. The van der Waals surface area contributed by atoms with Crippen molar-refractivity contribution in [1.82, 2.24) is 4.90 Å². The largest absolute Gasteiger partial charge is 0.405 e. The topological polar surface area (TPSA) is 29.3 Å². The summed E-state index contributed by atoms with van der Waals surface area (Å²) in [6.07, 6.45) is 0.669. The fourth-order valence-electron chi connectivity index (χ4n) is 2.62. The summed E-state index contributed by atoms with van der Waals surface area (Å²) >= 11 is 0. The van der Waals surface area contributed by atoms with Gasteiger partial charge in [0, 0.05) is 12.1 Å². The molecule has 1 aliphatic carbocycles. The highest BCUT2D eigenvalue weighted by molar-refractivity contribution is 4.88. The van der Waals surface area contributed by atoms with Crippen LogP contribution in [0.25, 0.3) is 0 Å². The first-order chi connectivity index (χ1) is 7.34. The molecule has 0 amide bonds. The predicted octanol–water partition coefficient (Wildman–Crippen LogP) is 2.53. The predicted molar refractivity (Wildman–Crippen MR) is 58.1 cm³/mol. The first kappa shape index (κ1) is 13.8. The van der Waals surface area contributed by atoms with E-state index in [4.69, 9.17) is 5.73 Å². The smallest absolute Gasteiger partial charge is 0.326 e. The number of hydrogen-bond donors (Lipinski definition) is 1. The average Bonchev–Trinajstić information content (AvgIpc) is 2.16. The van der Waals surface area contributed by atoms with Gasteiger partial charge in [-0.15, -0.1) is 0 Å². The molecule has 0 heterocycles. The zero-order valence-corrected chi connectivity index (χ0v) is 9.93. The molecule has 0 bridgehead atoms. The van der Waals surface area contributed by atoms with Crippen LogP contribution >= 0.6 is 0 Å². The van der Waals surface area contributed by atoms with Crippen LogP contribution in [0.15, 0.2) is 0 Å². The van der Waals surface area contributed by atoms with Crippen molar-refractivity contribution in [2.45, 2.75) is 63.3 Å². The van der Waals surface area contributed by atoms with Crippen LogP contribution in [0.5, 0.6) is 0 Å². The standard InChI is InChI=1S/C11H21F3N2/c1-8(15)10(11(12,13)14)16(2)9-6-4-3-5-7-9/h8-10H,3-7,15H2,1-2H3. The summed E-state index contributed by atoms with van der Waals surface area (Å²) in [5.41, 5.74) is 5.47. The Morgan fingerprint density at radius 3 is 2.06 bits per heavy atom. The quantitative estimate of drug-likeness (QED) is 0.818. The van der Waals surface area contributed by atoms with E-state index in [1.165, 1.54) is 11.8 Å². The number of nitrogens with zero attached hydrogens (tertiary/aromatic N) is 1. The van der Waals surface area contributed by atoms with E-state index in [9.17, 15) is 13.2 Å². The molecular weight excluding hydrogens is 217 g/mol. The highest BCUT2D eigenvalue weighted by Gasteiger charge is 2.46. The average molecular weight is 238 g/mol. The number of nitrogens with two attached hydrogens (primary N) is 1. The lowest BCUT2D eigenvalue weighted by Gasteiger charge is -2.39. The molecule has 0 radical (unpaired) electrons. The molecule has 1 rings (SSSR count). The first-order valence-corrected chi connectivity index (χ1v) is 5.88. The van der Waals surface area contributed by atoms with Gasteiger partial charge in [-0.05, 0) is 26.8 Å². The molecule has 2 atom stereocenters. The molecule has 2 nitrogen and oxygen atoms in total. The summed E-state index contributed by atoms with van der Waals surface area (Å²) in [5, 5.41) is 0. The van der Waals surface area contributed by atoms with Crippen molar-refractivity contribution in [2.75, 3.05) is 7.05 Å². The second-order valence-corrected chi connectivity index (χ2v) is 4.80. The Morgan fingerprint density at radius 2 is 1.69 bits per heavy atom. The Labute approximate surface area is 95.0 Å². The van der Waals surface area contributed by atoms with Gasteiger partial charge in [-0.3, -0.25) is 4.90 Å². The van der Waals surface area contributed by atoms with E-state index in [1.54, 1.807) is 7.05 Å². The summed E-state index contributed by atoms with van der Waals surface area (Å²) in [5.74, 6) is 0. The molecule has 1 saturated carbocycles. The maximum atomic E-state index is 12.9. The van der Waals surface area contributed by atoms with Crippen molar-refractivity contribution >= 4 is 0 Å². The molecule has 1 fully saturated rings. The number of likely N-dealkylation sites (N-methyl/N-ethyl adjacent to an activating group) is 1. The van der Waals surface area contributed by atoms with E-state index in [1.807, 2.05) is 0 Å². The second kappa shape index (κ2) is 5.36. The Morgan fingerprint density at radius 1 is 1.19 bits per heavy atom. The normalized spacial score (nSPS) is 23.4. The number of hydrogen-bond acceptors (Lipinski definition) is 2.